The number of allylic oxidation sites excluding steroid dienone is 2. The summed E-state index contributed by atoms with van der Waals surface area (Å²) in [5, 5.41) is 15.1. The molecule has 0 aliphatic carbocycles. The molecule has 0 radical (unpaired) electrons. The minimum absolute atomic E-state index is 0.162. The molecule has 0 spiro atoms. The molecular formula is C25H30N4O2S. The molecule has 6 nitrogen and oxygen atoms in total. The van der Waals surface area contributed by atoms with E-state index >= 15 is 0 Å². The number of nitrogen functional groups attached to an aromatic ring is 1. The molecule has 0 saturated carbocycles. The van der Waals surface area contributed by atoms with Gasteiger partial charge in [-0.1, -0.05) is 66.7 Å². The summed E-state index contributed by atoms with van der Waals surface area (Å²) in [6, 6.07) is 18.1. The Morgan fingerprint density at radius 2 is 1.72 bits per heavy atom. The minimum atomic E-state index is -0.392. The van der Waals surface area contributed by atoms with Crippen molar-refractivity contribution in [2.75, 3.05) is 18.1 Å². The van der Waals surface area contributed by atoms with Gasteiger partial charge in [0.05, 0.1) is 11.3 Å². The van der Waals surface area contributed by atoms with Crippen LogP contribution in [0.3, 0.4) is 0 Å². The van der Waals surface area contributed by atoms with Crippen molar-refractivity contribution in [3.8, 4) is 5.75 Å². The normalized spacial score (nSPS) is 11.9. The number of amidine groups is 1. The second-order valence-corrected chi connectivity index (χ2v) is 8.32. The van der Waals surface area contributed by atoms with Gasteiger partial charge in [0.2, 0.25) is 0 Å². The van der Waals surface area contributed by atoms with Crippen LogP contribution in [0.5, 0.6) is 5.75 Å². The molecule has 0 bridgehead atoms. The molecule has 1 amide bonds. The SMILES string of the molecule is CC/C(C)=C(\C)SC(N)=NC.Nc1c(O)c(C(=O)Nc2ccccc2)cc2ccccc12. The van der Waals surface area contributed by atoms with Gasteiger partial charge in [-0.15, -0.1) is 0 Å². The van der Waals surface area contributed by atoms with E-state index in [1.165, 1.54) is 22.2 Å². The van der Waals surface area contributed by atoms with E-state index in [4.69, 9.17) is 11.5 Å². The number of aromatic hydroxyl groups is 1. The molecule has 0 atom stereocenters. The van der Waals surface area contributed by atoms with Gasteiger partial charge in [-0.3, -0.25) is 9.79 Å². The molecule has 0 heterocycles. The number of fused-ring (bicyclic) bond motifs is 1. The molecule has 6 N–H and O–H groups in total. The van der Waals surface area contributed by atoms with E-state index in [0.717, 1.165) is 17.2 Å². The number of benzene rings is 3. The first-order valence-electron chi connectivity index (χ1n) is 10.2. The first-order valence-corrected chi connectivity index (χ1v) is 11.0. The largest absolute Gasteiger partial charge is 0.505 e. The van der Waals surface area contributed by atoms with Gasteiger partial charge in [0, 0.05) is 18.1 Å². The molecule has 7 heteroatoms. The molecule has 0 saturated heterocycles. The van der Waals surface area contributed by atoms with E-state index in [-0.39, 0.29) is 17.0 Å². The standard InChI is InChI=1S/C17H14N2O2.C8H16N2S/c18-15-13-9-5-4-6-11(13)10-14(16(15)20)17(21)19-12-7-2-1-3-8-12;1-5-6(2)7(3)11-8(9)10-4/h1-10,20H,18H2,(H,19,21);5H2,1-4H3,(H2,9,10)/b;7-6+. The summed E-state index contributed by atoms with van der Waals surface area (Å²) < 4.78 is 0. The van der Waals surface area contributed by atoms with Crippen molar-refractivity contribution in [3.63, 3.8) is 0 Å². The number of aliphatic imine (C=N–C) groups is 1. The minimum Gasteiger partial charge on any atom is -0.505 e. The van der Waals surface area contributed by atoms with Crippen LogP contribution >= 0.6 is 11.8 Å². The third-order valence-electron chi connectivity index (χ3n) is 4.95. The maximum absolute atomic E-state index is 12.3. The molecule has 0 aliphatic rings. The molecule has 0 aromatic heterocycles. The number of phenols is 1. The average molecular weight is 451 g/mol. The number of anilines is 2. The highest BCUT2D eigenvalue weighted by Crippen LogP contribution is 2.33. The number of nitrogens with two attached hydrogens (primary N) is 2. The lowest BCUT2D eigenvalue weighted by Crippen LogP contribution is -2.12. The summed E-state index contributed by atoms with van der Waals surface area (Å²) in [6.45, 7) is 6.32. The molecule has 32 heavy (non-hydrogen) atoms. The number of carbonyl (C=O) groups is 1. The number of nitrogens with zero attached hydrogens (tertiary/aromatic N) is 1. The van der Waals surface area contributed by atoms with Gasteiger partial charge in [-0.2, -0.15) is 0 Å². The lowest BCUT2D eigenvalue weighted by Gasteiger charge is -2.11. The molecular weight excluding hydrogens is 420 g/mol. The Morgan fingerprint density at radius 1 is 1.09 bits per heavy atom. The second kappa shape index (κ2) is 11.8. The number of nitrogens with one attached hydrogen (secondary N) is 1. The van der Waals surface area contributed by atoms with Crippen LogP contribution in [0.15, 0.2) is 76.1 Å². The smallest absolute Gasteiger partial charge is 0.259 e. The number of thioether (sulfide) groups is 1. The number of phenolic OH excluding ortho intramolecular Hbond substituents is 1. The van der Waals surface area contributed by atoms with Crippen molar-refractivity contribution in [2.24, 2.45) is 10.7 Å². The van der Waals surface area contributed by atoms with Crippen LogP contribution in [-0.2, 0) is 0 Å². The zero-order valence-electron chi connectivity index (χ0n) is 18.8. The third-order valence-corrected chi connectivity index (χ3v) is 5.99. The van der Waals surface area contributed by atoms with E-state index in [1.807, 2.05) is 42.5 Å². The van der Waals surface area contributed by atoms with Gasteiger partial charge in [0.1, 0.15) is 0 Å². The first-order chi connectivity index (χ1) is 15.3. The van der Waals surface area contributed by atoms with Crippen molar-refractivity contribution in [1.82, 2.24) is 0 Å². The highest BCUT2D eigenvalue weighted by atomic mass is 32.2. The zero-order valence-corrected chi connectivity index (χ0v) is 19.7. The summed E-state index contributed by atoms with van der Waals surface area (Å²) in [7, 11) is 1.71. The van der Waals surface area contributed by atoms with Crippen molar-refractivity contribution in [3.05, 3.63) is 76.7 Å². The molecule has 3 aromatic rings. The van der Waals surface area contributed by atoms with Crippen molar-refractivity contribution in [2.45, 2.75) is 27.2 Å². The van der Waals surface area contributed by atoms with Crippen LogP contribution in [0.1, 0.15) is 37.6 Å². The summed E-state index contributed by atoms with van der Waals surface area (Å²) >= 11 is 1.54. The first kappa shape index (κ1) is 24.8. The van der Waals surface area contributed by atoms with Crippen molar-refractivity contribution >= 4 is 45.0 Å². The molecule has 168 valence electrons. The Bertz CT molecular complexity index is 1140. The average Bonchev–Trinajstić information content (AvgIpc) is 2.81. The number of amides is 1. The van der Waals surface area contributed by atoms with Crippen molar-refractivity contribution in [1.29, 1.82) is 0 Å². The van der Waals surface area contributed by atoms with Crippen LogP contribution in [0.2, 0.25) is 0 Å². The van der Waals surface area contributed by atoms with Gasteiger partial charge in [0.15, 0.2) is 10.9 Å². The second-order valence-electron chi connectivity index (χ2n) is 7.08. The van der Waals surface area contributed by atoms with Crippen molar-refractivity contribution < 1.29 is 9.90 Å². The molecule has 3 aromatic carbocycles. The maximum atomic E-state index is 12.3. The predicted octanol–water partition coefficient (Wildman–Crippen LogP) is 5.75. The predicted molar refractivity (Wildman–Crippen MR) is 138 cm³/mol. The Hall–Kier alpha value is -3.45. The fraction of sp³-hybridized carbons (Fsp3) is 0.200. The van der Waals surface area contributed by atoms with Gasteiger partial charge in [0.25, 0.3) is 5.91 Å². The number of carbonyl (C=O) groups excluding carboxylic acids is 1. The van der Waals surface area contributed by atoms with Crippen LogP contribution in [0, 0.1) is 0 Å². The van der Waals surface area contributed by atoms with E-state index in [9.17, 15) is 9.90 Å². The quantitative estimate of drug-likeness (QED) is 0.175. The third kappa shape index (κ3) is 6.52. The fourth-order valence-corrected chi connectivity index (χ4v) is 3.52. The van der Waals surface area contributed by atoms with Gasteiger partial charge in [-0.05, 0) is 48.8 Å². The highest BCUT2D eigenvalue weighted by Gasteiger charge is 2.16. The number of hydrogen-bond acceptors (Lipinski definition) is 5. The Balaban J connectivity index is 0.000000282. The van der Waals surface area contributed by atoms with E-state index in [0.29, 0.717) is 10.9 Å². The molecule has 0 unspecified atom stereocenters. The topological polar surface area (TPSA) is 114 Å². The zero-order chi connectivity index (χ0) is 23.7. The summed E-state index contributed by atoms with van der Waals surface area (Å²) in [5.74, 6) is -0.585. The van der Waals surface area contributed by atoms with E-state index in [2.05, 4.69) is 31.1 Å². The van der Waals surface area contributed by atoms with Gasteiger partial charge >= 0.3 is 0 Å². The van der Waals surface area contributed by atoms with Crippen LogP contribution < -0.4 is 16.8 Å². The summed E-state index contributed by atoms with van der Waals surface area (Å²) in [6.07, 6.45) is 1.08. The molecule has 0 aliphatic heterocycles. The number of rotatable bonds is 4. The fourth-order valence-electron chi connectivity index (χ4n) is 2.80. The van der Waals surface area contributed by atoms with E-state index in [1.54, 1.807) is 25.2 Å². The van der Waals surface area contributed by atoms with Crippen LogP contribution in [-0.4, -0.2) is 23.2 Å². The van der Waals surface area contributed by atoms with Gasteiger partial charge in [-0.25, -0.2) is 0 Å². The van der Waals surface area contributed by atoms with Crippen LogP contribution in [0.25, 0.3) is 10.8 Å². The summed E-state index contributed by atoms with van der Waals surface area (Å²) in [5.41, 5.74) is 13.9. The van der Waals surface area contributed by atoms with Crippen LogP contribution in [0.4, 0.5) is 11.4 Å². The van der Waals surface area contributed by atoms with E-state index < -0.39 is 5.91 Å². The Labute approximate surface area is 193 Å². The van der Waals surface area contributed by atoms with Gasteiger partial charge < -0.3 is 21.9 Å². The number of hydrogen-bond donors (Lipinski definition) is 4. The highest BCUT2D eigenvalue weighted by molar-refractivity contribution is 8.17. The maximum Gasteiger partial charge on any atom is 0.259 e. The number of para-hydroxylation sites is 1. The lowest BCUT2D eigenvalue weighted by atomic mass is 10.0. The Morgan fingerprint density at radius 3 is 2.34 bits per heavy atom. The molecule has 3 rings (SSSR count). The monoisotopic (exact) mass is 450 g/mol. The lowest BCUT2D eigenvalue weighted by molar-refractivity contribution is 0.102. The Kier molecular flexibility index (Phi) is 9.16. The summed E-state index contributed by atoms with van der Waals surface area (Å²) in [4.78, 5) is 17.4. The molecule has 0 fully saturated rings.